The molecule has 2 rings (SSSR count). The minimum absolute atomic E-state index is 0.215. The number of nitrogens with one attached hydrogen (secondary N) is 1. The summed E-state index contributed by atoms with van der Waals surface area (Å²) in [6, 6.07) is 0.599. The van der Waals surface area contributed by atoms with Crippen LogP contribution in [0.1, 0.15) is 49.3 Å². The van der Waals surface area contributed by atoms with Gasteiger partial charge in [0, 0.05) is 17.6 Å². The lowest BCUT2D eigenvalue weighted by molar-refractivity contribution is 0.516. The van der Waals surface area contributed by atoms with Crippen molar-refractivity contribution >= 4 is 17.0 Å². The Bertz CT molecular complexity index is 513. The zero-order chi connectivity index (χ0) is 13.3. The van der Waals surface area contributed by atoms with Crippen LogP contribution in [-0.4, -0.2) is 14.8 Å². The van der Waals surface area contributed by atoms with E-state index in [0.29, 0.717) is 6.04 Å². The van der Waals surface area contributed by atoms with Crippen LogP contribution in [0, 0.1) is 13.8 Å². The molecule has 2 aromatic heterocycles. The third kappa shape index (κ3) is 2.41. The Morgan fingerprint density at radius 2 is 2.00 bits per heavy atom. The zero-order valence-corrected chi connectivity index (χ0v) is 12.4. The fourth-order valence-electron chi connectivity index (χ4n) is 2.10. The van der Waals surface area contributed by atoms with Gasteiger partial charge in [-0.15, -0.1) is 11.3 Å². The van der Waals surface area contributed by atoms with E-state index < -0.39 is 0 Å². The number of nitrogens with zero attached hydrogens (tertiary/aromatic N) is 3. The van der Waals surface area contributed by atoms with Crippen LogP contribution in [0.3, 0.4) is 0 Å². The Labute approximate surface area is 112 Å². The fourth-order valence-corrected chi connectivity index (χ4v) is 2.75. The van der Waals surface area contributed by atoms with Crippen molar-refractivity contribution in [3.8, 4) is 0 Å². The van der Waals surface area contributed by atoms with Gasteiger partial charge in [0.1, 0.15) is 5.01 Å². The second-order valence-corrected chi connectivity index (χ2v) is 5.75. The van der Waals surface area contributed by atoms with Crippen LogP contribution in [0.25, 0.3) is 0 Å². The van der Waals surface area contributed by atoms with Crippen molar-refractivity contribution in [1.29, 1.82) is 0 Å². The highest BCUT2D eigenvalue weighted by Gasteiger charge is 2.16. The fraction of sp³-hybridized carbons (Fsp3) is 0.538. The third-order valence-corrected chi connectivity index (χ3v) is 3.96. The molecule has 98 valence electrons. The molecular formula is C13H20N4S. The predicted octanol–water partition coefficient (Wildman–Crippen LogP) is 3.71. The lowest BCUT2D eigenvalue weighted by atomic mass is 10.2. The number of aromatic nitrogens is 3. The number of anilines is 1. The third-order valence-electron chi connectivity index (χ3n) is 3.00. The predicted molar refractivity (Wildman–Crippen MR) is 76.2 cm³/mol. The molecule has 1 atom stereocenters. The SMILES string of the molecule is Cc1nn(C(C)C)c(C)c1NC(C)c1nccs1. The summed E-state index contributed by atoms with van der Waals surface area (Å²) in [7, 11) is 0. The standard InChI is InChI=1S/C13H20N4S/c1-8(2)17-11(5)12(9(3)16-17)15-10(4)13-14-6-7-18-13/h6-8,10,15H,1-5H3. The van der Waals surface area contributed by atoms with E-state index in [2.05, 4.69) is 47.8 Å². The molecule has 0 aliphatic rings. The molecule has 2 heterocycles. The van der Waals surface area contributed by atoms with Crippen molar-refractivity contribution in [1.82, 2.24) is 14.8 Å². The first-order valence-corrected chi connectivity index (χ1v) is 7.10. The van der Waals surface area contributed by atoms with E-state index in [4.69, 9.17) is 0 Å². The van der Waals surface area contributed by atoms with Gasteiger partial charge in [-0.1, -0.05) is 0 Å². The summed E-state index contributed by atoms with van der Waals surface area (Å²) in [5, 5.41) is 11.2. The van der Waals surface area contributed by atoms with E-state index in [9.17, 15) is 0 Å². The molecule has 0 aromatic carbocycles. The van der Waals surface area contributed by atoms with Crippen molar-refractivity contribution in [2.75, 3.05) is 5.32 Å². The highest BCUT2D eigenvalue weighted by Crippen LogP contribution is 2.27. The number of hydrogen-bond acceptors (Lipinski definition) is 4. The van der Waals surface area contributed by atoms with Crippen LogP contribution in [0.15, 0.2) is 11.6 Å². The molecule has 0 aliphatic heterocycles. The normalized spacial score (nSPS) is 13.0. The summed E-state index contributed by atoms with van der Waals surface area (Å²) in [6.07, 6.45) is 1.84. The van der Waals surface area contributed by atoms with Crippen molar-refractivity contribution in [2.24, 2.45) is 0 Å². The van der Waals surface area contributed by atoms with Gasteiger partial charge in [0.25, 0.3) is 0 Å². The van der Waals surface area contributed by atoms with Gasteiger partial charge >= 0.3 is 0 Å². The van der Waals surface area contributed by atoms with Gasteiger partial charge in [0.2, 0.25) is 0 Å². The van der Waals surface area contributed by atoms with Crippen LogP contribution < -0.4 is 5.32 Å². The average Bonchev–Trinajstić information content (AvgIpc) is 2.92. The largest absolute Gasteiger partial charge is 0.373 e. The Balaban J connectivity index is 2.24. The molecule has 4 nitrogen and oxygen atoms in total. The zero-order valence-electron chi connectivity index (χ0n) is 11.6. The Kier molecular flexibility index (Phi) is 3.71. The van der Waals surface area contributed by atoms with E-state index in [1.54, 1.807) is 11.3 Å². The van der Waals surface area contributed by atoms with Crippen LogP contribution in [0.5, 0.6) is 0 Å². The minimum atomic E-state index is 0.215. The van der Waals surface area contributed by atoms with Crippen LogP contribution in [0.2, 0.25) is 0 Å². The average molecular weight is 264 g/mol. The molecule has 2 aromatic rings. The van der Waals surface area contributed by atoms with E-state index >= 15 is 0 Å². The first kappa shape index (κ1) is 13.1. The van der Waals surface area contributed by atoms with Crippen LogP contribution >= 0.6 is 11.3 Å². The van der Waals surface area contributed by atoms with Crippen molar-refractivity contribution in [2.45, 2.75) is 46.7 Å². The Morgan fingerprint density at radius 1 is 1.28 bits per heavy atom. The van der Waals surface area contributed by atoms with Gasteiger partial charge < -0.3 is 5.32 Å². The molecule has 0 spiro atoms. The molecule has 1 N–H and O–H groups in total. The molecule has 0 saturated carbocycles. The first-order valence-electron chi connectivity index (χ1n) is 6.22. The summed E-state index contributed by atoms with van der Waals surface area (Å²) in [5.41, 5.74) is 3.36. The highest BCUT2D eigenvalue weighted by molar-refractivity contribution is 7.09. The smallest absolute Gasteiger partial charge is 0.115 e. The van der Waals surface area contributed by atoms with Crippen LogP contribution in [0.4, 0.5) is 5.69 Å². The van der Waals surface area contributed by atoms with Crippen molar-refractivity contribution in [3.05, 3.63) is 28.0 Å². The summed E-state index contributed by atoms with van der Waals surface area (Å²) < 4.78 is 2.06. The molecule has 18 heavy (non-hydrogen) atoms. The van der Waals surface area contributed by atoms with E-state index in [-0.39, 0.29) is 6.04 Å². The Hall–Kier alpha value is -1.36. The maximum absolute atomic E-state index is 4.58. The van der Waals surface area contributed by atoms with Gasteiger partial charge in [0.05, 0.1) is 23.1 Å². The highest BCUT2D eigenvalue weighted by atomic mass is 32.1. The van der Waals surface area contributed by atoms with E-state index in [1.807, 2.05) is 18.5 Å². The monoisotopic (exact) mass is 264 g/mol. The number of thiazole rings is 1. The minimum Gasteiger partial charge on any atom is -0.373 e. The summed E-state index contributed by atoms with van der Waals surface area (Å²) in [4.78, 5) is 4.34. The molecule has 0 radical (unpaired) electrons. The number of aryl methyl sites for hydroxylation is 1. The molecule has 0 aliphatic carbocycles. The topological polar surface area (TPSA) is 42.7 Å². The van der Waals surface area contributed by atoms with E-state index in [0.717, 1.165) is 16.4 Å². The van der Waals surface area contributed by atoms with Gasteiger partial charge in [-0.2, -0.15) is 5.10 Å². The lowest BCUT2D eigenvalue weighted by Crippen LogP contribution is -2.09. The maximum Gasteiger partial charge on any atom is 0.115 e. The molecule has 0 bridgehead atoms. The van der Waals surface area contributed by atoms with Crippen molar-refractivity contribution < 1.29 is 0 Å². The lowest BCUT2D eigenvalue weighted by Gasteiger charge is -2.14. The van der Waals surface area contributed by atoms with Gasteiger partial charge in [0.15, 0.2) is 0 Å². The summed E-state index contributed by atoms with van der Waals surface area (Å²) in [5.74, 6) is 0. The van der Waals surface area contributed by atoms with Crippen molar-refractivity contribution in [3.63, 3.8) is 0 Å². The van der Waals surface area contributed by atoms with E-state index in [1.165, 1.54) is 5.69 Å². The van der Waals surface area contributed by atoms with Gasteiger partial charge in [-0.25, -0.2) is 4.98 Å². The van der Waals surface area contributed by atoms with Crippen LogP contribution in [-0.2, 0) is 0 Å². The summed E-state index contributed by atoms with van der Waals surface area (Å²) in [6.45, 7) is 10.6. The first-order chi connectivity index (χ1) is 8.50. The molecule has 0 saturated heterocycles. The van der Waals surface area contributed by atoms with Gasteiger partial charge in [-0.3, -0.25) is 4.68 Å². The maximum atomic E-state index is 4.58. The molecule has 1 unspecified atom stereocenters. The number of hydrogen-bond donors (Lipinski definition) is 1. The second kappa shape index (κ2) is 5.10. The summed E-state index contributed by atoms with van der Waals surface area (Å²) >= 11 is 1.67. The molecular weight excluding hydrogens is 244 g/mol. The molecule has 5 heteroatoms. The van der Waals surface area contributed by atoms with Gasteiger partial charge in [-0.05, 0) is 34.6 Å². The quantitative estimate of drug-likeness (QED) is 0.915. The number of rotatable bonds is 4. The Morgan fingerprint density at radius 3 is 2.50 bits per heavy atom. The second-order valence-electron chi connectivity index (χ2n) is 4.82. The molecule has 0 amide bonds. The molecule has 0 fully saturated rings.